The van der Waals surface area contributed by atoms with Crippen molar-refractivity contribution in [3.63, 3.8) is 0 Å². The van der Waals surface area contributed by atoms with Gasteiger partial charge in [-0.15, -0.1) is 0 Å². The first-order valence-corrected chi connectivity index (χ1v) is 11.6. The van der Waals surface area contributed by atoms with Crippen LogP contribution in [0.2, 0.25) is 0 Å². The fraction of sp³-hybridized carbons (Fsp3) is 0.278. The lowest BCUT2D eigenvalue weighted by atomic mass is 10.3. The molecule has 2 aromatic heterocycles. The van der Waals surface area contributed by atoms with Gasteiger partial charge in [-0.3, -0.25) is 4.90 Å². The number of anilines is 1. The molecule has 2 amide bonds. The summed E-state index contributed by atoms with van der Waals surface area (Å²) in [6.45, 7) is 2.97. The van der Waals surface area contributed by atoms with Gasteiger partial charge >= 0.3 is 6.03 Å². The molecule has 0 aliphatic carbocycles. The average Bonchev–Trinajstić information content (AvgIpc) is 3.40. The van der Waals surface area contributed by atoms with Crippen molar-refractivity contribution in [1.82, 2.24) is 19.9 Å². The highest BCUT2D eigenvalue weighted by Crippen LogP contribution is 2.19. The number of nitrogens with one attached hydrogen (secondary N) is 1. The average molecular weight is 449 g/mol. The zero-order valence-electron chi connectivity index (χ0n) is 15.9. The molecule has 0 spiro atoms. The van der Waals surface area contributed by atoms with Crippen molar-refractivity contribution in [3.05, 3.63) is 47.0 Å². The van der Waals surface area contributed by atoms with Gasteiger partial charge in [0, 0.05) is 42.8 Å². The van der Waals surface area contributed by atoms with Crippen LogP contribution in [0.5, 0.6) is 0 Å². The van der Waals surface area contributed by atoms with E-state index in [2.05, 4.69) is 20.4 Å². The van der Waals surface area contributed by atoms with Crippen molar-refractivity contribution < 1.29 is 17.7 Å². The summed E-state index contributed by atoms with van der Waals surface area (Å²) in [5, 5.41) is 15.8. The van der Waals surface area contributed by atoms with E-state index in [0.29, 0.717) is 50.1 Å². The Labute approximate surface area is 177 Å². The Balaban J connectivity index is 1.27. The molecule has 1 aliphatic rings. The molecule has 3 aromatic rings. The number of rotatable bonds is 5. The van der Waals surface area contributed by atoms with E-state index in [9.17, 15) is 13.2 Å². The molecule has 4 rings (SSSR count). The SMILES string of the molecule is NS(=O)(=O)c1ccc(NC(=O)N2CCN(Cc3nc(-c4ccsc4)no3)CC2)cc1. The second-order valence-electron chi connectivity index (χ2n) is 6.79. The summed E-state index contributed by atoms with van der Waals surface area (Å²) >= 11 is 1.58. The van der Waals surface area contributed by atoms with E-state index in [1.807, 2.05) is 16.8 Å². The first kappa shape index (κ1) is 20.5. The minimum atomic E-state index is -3.76. The number of nitrogens with zero attached hydrogens (tertiary/aromatic N) is 4. The van der Waals surface area contributed by atoms with Crippen molar-refractivity contribution in [3.8, 4) is 11.4 Å². The maximum atomic E-state index is 12.5. The number of hydrogen-bond donors (Lipinski definition) is 2. The van der Waals surface area contributed by atoms with Crippen LogP contribution in [0.25, 0.3) is 11.4 Å². The van der Waals surface area contributed by atoms with Gasteiger partial charge in [0.15, 0.2) is 0 Å². The molecule has 1 aromatic carbocycles. The second kappa shape index (κ2) is 8.52. The number of sulfonamides is 1. The highest BCUT2D eigenvalue weighted by atomic mass is 32.2. The number of urea groups is 1. The lowest BCUT2D eigenvalue weighted by molar-refractivity contribution is 0.133. The molecule has 0 unspecified atom stereocenters. The molecule has 3 N–H and O–H groups in total. The van der Waals surface area contributed by atoms with Crippen molar-refractivity contribution in [2.24, 2.45) is 5.14 Å². The Bertz CT molecular complexity index is 1100. The fourth-order valence-electron chi connectivity index (χ4n) is 3.06. The van der Waals surface area contributed by atoms with Gasteiger partial charge in [0.05, 0.1) is 11.4 Å². The first-order chi connectivity index (χ1) is 14.4. The van der Waals surface area contributed by atoms with E-state index in [-0.39, 0.29) is 10.9 Å². The van der Waals surface area contributed by atoms with Gasteiger partial charge in [-0.05, 0) is 35.7 Å². The lowest BCUT2D eigenvalue weighted by Gasteiger charge is -2.33. The molecule has 0 bridgehead atoms. The normalized spacial score (nSPS) is 15.3. The lowest BCUT2D eigenvalue weighted by Crippen LogP contribution is -2.49. The maximum Gasteiger partial charge on any atom is 0.321 e. The number of aromatic nitrogens is 2. The number of piperazine rings is 1. The van der Waals surface area contributed by atoms with E-state index in [1.165, 1.54) is 24.3 Å². The summed E-state index contributed by atoms with van der Waals surface area (Å²) in [6.07, 6.45) is 0. The molecule has 10 nitrogen and oxygen atoms in total. The Morgan fingerprint density at radius 2 is 1.90 bits per heavy atom. The minimum absolute atomic E-state index is 0.00251. The van der Waals surface area contributed by atoms with Crippen LogP contribution in [-0.4, -0.2) is 60.6 Å². The van der Waals surface area contributed by atoms with Crippen molar-refractivity contribution in [2.45, 2.75) is 11.4 Å². The van der Waals surface area contributed by atoms with E-state index in [1.54, 1.807) is 16.2 Å². The van der Waals surface area contributed by atoms with Crippen LogP contribution in [0.1, 0.15) is 5.89 Å². The number of hydrogen-bond acceptors (Lipinski definition) is 8. The van der Waals surface area contributed by atoms with Crippen molar-refractivity contribution in [2.75, 3.05) is 31.5 Å². The van der Waals surface area contributed by atoms with Crippen LogP contribution in [0.4, 0.5) is 10.5 Å². The molecule has 0 atom stereocenters. The summed E-state index contributed by atoms with van der Waals surface area (Å²) in [5.41, 5.74) is 1.44. The van der Waals surface area contributed by atoms with Gasteiger partial charge in [-0.25, -0.2) is 18.4 Å². The maximum absolute atomic E-state index is 12.5. The number of thiophene rings is 1. The highest BCUT2D eigenvalue weighted by molar-refractivity contribution is 7.89. The number of primary sulfonamides is 1. The Kier molecular flexibility index (Phi) is 5.81. The van der Waals surface area contributed by atoms with Crippen molar-refractivity contribution in [1.29, 1.82) is 0 Å². The Hall–Kier alpha value is -2.80. The summed E-state index contributed by atoms with van der Waals surface area (Å²) in [7, 11) is -3.76. The number of carbonyl (C=O) groups excluding carboxylic acids is 1. The van der Waals surface area contributed by atoms with Crippen LogP contribution in [0.3, 0.4) is 0 Å². The number of amides is 2. The van der Waals surface area contributed by atoms with Crippen LogP contribution >= 0.6 is 11.3 Å². The highest BCUT2D eigenvalue weighted by Gasteiger charge is 2.23. The zero-order valence-corrected chi connectivity index (χ0v) is 17.5. The van der Waals surface area contributed by atoms with E-state index in [0.717, 1.165) is 5.56 Å². The molecule has 3 heterocycles. The number of benzene rings is 1. The van der Waals surface area contributed by atoms with Gasteiger partial charge in [0.2, 0.25) is 21.7 Å². The Morgan fingerprint density at radius 3 is 2.53 bits per heavy atom. The van der Waals surface area contributed by atoms with E-state index in [4.69, 9.17) is 9.66 Å². The van der Waals surface area contributed by atoms with E-state index >= 15 is 0 Å². The zero-order chi connectivity index (χ0) is 21.1. The first-order valence-electron chi connectivity index (χ1n) is 9.15. The van der Waals surface area contributed by atoms with Crippen molar-refractivity contribution >= 4 is 33.1 Å². The smallest absolute Gasteiger partial charge is 0.321 e. The summed E-state index contributed by atoms with van der Waals surface area (Å²) in [5.74, 6) is 1.13. The van der Waals surface area contributed by atoms with Gasteiger partial charge in [-0.1, -0.05) is 5.16 Å². The Morgan fingerprint density at radius 1 is 1.17 bits per heavy atom. The predicted molar refractivity (Wildman–Crippen MR) is 111 cm³/mol. The largest absolute Gasteiger partial charge is 0.338 e. The van der Waals surface area contributed by atoms with Crippen LogP contribution in [-0.2, 0) is 16.6 Å². The molecule has 30 heavy (non-hydrogen) atoms. The quantitative estimate of drug-likeness (QED) is 0.607. The van der Waals surface area contributed by atoms with Gasteiger partial charge in [-0.2, -0.15) is 16.3 Å². The number of carbonyl (C=O) groups is 1. The summed E-state index contributed by atoms with van der Waals surface area (Å²) in [4.78, 5) is 20.7. The third-order valence-electron chi connectivity index (χ3n) is 4.70. The summed E-state index contributed by atoms with van der Waals surface area (Å²) in [6, 6.07) is 7.44. The molecule has 0 saturated carbocycles. The molecule has 0 radical (unpaired) electrons. The third kappa shape index (κ3) is 4.84. The predicted octanol–water partition coefficient (Wildman–Crippen LogP) is 1.80. The van der Waals surface area contributed by atoms with Crippen LogP contribution in [0.15, 0.2) is 50.5 Å². The molecule has 1 saturated heterocycles. The van der Waals surface area contributed by atoms with Gasteiger partial charge in [0.25, 0.3) is 0 Å². The minimum Gasteiger partial charge on any atom is -0.338 e. The molecular formula is C18H20N6O4S2. The summed E-state index contributed by atoms with van der Waals surface area (Å²) < 4.78 is 27.9. The second-order valence-corrected chi connectivity index (χ2v) is 9.13. The fourth-order valence-corrected chi connectivity index (χ4v) is 4.21. The molecule has 158 valence electrons. The monoisotopic (exact) mass is 448 g/mol. The molecule has 12 heteroatoms. The third-order valence-corrected chi connectivity index (χ3v) is 6.31. The van der Waals surface area contributed by atoms with Crippen LogP contribution < -0.4 is 10.5 Å². The topological polar surface area (TPSA) is 135 Å². The van der Waals surface area contributed by atoms with Crippen LogP contribution in [0, 0.1) is 0 Å². The van der Waals surface area contributed by atoms with Gasteiger partial charge < -0.3 is 14.7 Å². The molecule has 1 fully saturated rings. The molecular weight excluding hydrogens is 428 g/mol. The standard InChI is InChI=1S/C18H20N6O4S2/c19-30(26,27)15-3-1-14(2-4-15)20-18(25)24-8-6-23(7-9-24)11-16-21-17(22-28-16)13-5-10-29-12-13/h1-5,10,12H,6-9,11H2,(H,20,25)(H2,19,26,27). The van der Waals surface area contributed by atoms with E-state index < -0.39 is 10.0 Å². The molecule has 1 aliphatic heterocycles. The number of nitrogens with two attached hydrogens (primary N) is 1. The van der Waals surface area contributed by atoms with Gasteiger partial charge in [0.1, 0.15) is 0 Å².